The molecule has 15 heavy (non-hydrogen) atoms. The quantitative estimate of drug-likeness (QED) is 0.692. The highest BCUT2D eigenvalue weighted by molar-refractivity contribution is 5.45. The van der Waals surface area contributed by atoms with E-state index in [1.54, 1.807) is 0 Å². The number of hydrogen-bond donors (Lipinski definition) is 3. The number of hydrogen-bond acceptors (Lipinski definition) is 3. The molecule has 0 aliphatic heterocycles. The molecule has 0 aliphatic carbocycles. The van der Waals surface area contributed by atoms with Crippen LogP contribution in [-0.4, -0.2) is 11.7 Å². The van der Waals surface area contributed by atoms with Crippen molar-refractivity contribution in [1.29, 1.82) is 0 Å². The Morgan fingerprint density at radius 1 is 1.33 bits per heavy atom. The van der Waals surface area contributed by atoms with E-state index < -0.39 is 0 Å². The van der Waals surface area contributed by atoms with Crippen molar-refractivity contribution in [3.8, 4) is 5.75 Å². The molecule has 84 valence electrons. The van der Waals surface area contributed by atoms with Gasteiger partial charge in [0, 0.05) is 18.2 Å². The third-order valence-corrected chi connectivity index (χ3v) is 2.53. The molecule has 0 fully saturated rings. The van der Waals surface area contributed by atoms with Gasteiger partial charge in [-0.05, 0) is 11.0 Å². The highest BCUT2D eigenvalue weighted by atomic mass is 16.3. The maximum Gasteiger partial charge on any atom is 0.124 e. The first-order valence-electron chi connectivity index (χ1n) is 5.16. The van der Waals surface area contributed by atoms with Crippen LogP contribution in [0, 0.1) is 0 Å². The smallest absolute Gasteiger partial charge is 0.124 e. The second-order valence-electron chi connectivity index (χ2n) is 4.84. The highest BCUT2D eigenvalue weighted by Crippen LogP contribution is 2.34. The van der Waals surface area contributed by atoms with Crippen LogP contribution in [0.1, 0.15) is 37.9 Å². The van der Waals surface area contributed by atoms with Crippen molar-refractivity contribution in [2.45, 2.75) is 32.2 Å². The first kappa shape index (κ1) is 12.0. The second-order valence-corrected chi connectivity index (χ2v) is 4.84. The van der Waals surface area contributed by atoms with Crippen molar-refractivity contribution < 1.29 is 5.11 Å². The zero-order valence-electron chi connectivity index (χ0n) is 9.62. The van der Waals surface area contributed by atoms with E-state index in [-0.39, 0.29) is 17.2 Å². The molecule has 5 N–H and O–H groups in total. The Balaban J connectivity index is 3.23. The zero-order chi connectivity index (χ0) is 11.6. The minimum atomic E-state index is -0.299. The molecule has 1 rings (SSSR count). The number of benzene rings is 1. The van der Waals surface area contributed by atoms with Crippen LogP contribution in [0.2, 0.25) is 0 Å². The maximum atomic E-state index is 10.1. The number of rotatable bonds is 2. The Hall–Kier alpha value is -1.06. The molecule has 1 aromatic rings. The molecule has 3 heteroatoms. The van der Waals surface area contributed by atoms with Gasteiger partial charge in [0.15, 0.2) is 0 Å². The second kappa shape index (κ2) is 4.21. The molecule has 0 amide bonds. The normalized spacial score (nSPS) is 13.9. The van der Waals surface area contributed by atoms with Crippen LogP contribution in [0.25, 0.3) is 0 Å². The summed E-state index contributed by atoms with van der Waals surface area (Å²) >= 11 is 0. The zero-order valence-corrected chi connectivity index (χ0v) is 9.62. The van der Waals surface area contributed by atoms with Crippen molar-refractivity contribution in [2.75, 3.05) is 6.54 Å². The summed E-state index contributed by atoms with van der Waals surface area (Å²) in [5, 5.41) is 10.1. The number of aromatic hydroxyl groups is 1. The molecule has 1 aromatic carbocycles. The number of nitrogens with two attached hydrogens (primary N) is 2. The van der Waals surface area contributed by atoms with Crippen LogP contribution in [0.3, 0.4) is 0 Å². The van der Waals surface area contributed by atoms with Crippen LogP contribution < -0.4 is 11.5 Å². The summed E-state index contributed by atoms with van der Waals surface area (Å²) in [6, 6.07) is 5.35. The molecule has 3 nitrogen and oxygen atoms in total. The molecule has 0 radical (unpaired) electrons. The average molecular weight is 208 g/mol. The Morgan fingerprint density at radius 2 is 1.93 bits per heavy atom. The van der Waals surface area contributed by atoms with E-state index in [2.05, 4.69) is 20.8 Å². The van der Waals surface area contributed by atoms with Crippen LogP contribution >= 0.6 is 0 Å². The topological polar surface area (TPSA) is 72.3 Å². The molecule has 0 saturated heterocycles. The molecule has 0 saturated carbocycles. The van der Waals surface area contributed by atoms with E-state index in [1.165, 1.54) is 0 Å². The highest BCUT2D eigenvalue weighted by Gasteiger charge is 2.21. The van der Waals surface area contributed by atoms with Crippen molar-refractivity contribution in [2.24, 2.45) is 11.5 Å². The Morgan fingerprint density at radius 3 is 2.40 bits per heavy atom. The third-order valence-electron chi connectivity index (χ3n) is 2.53. The van der Waals surface area contributed by atoms with Crippen molar-refractivity contribution in [3.05, 3.63) is 29.3 Å². The lowest BCUT2D eigenvalue weighted by Gasteiger charge is -2.23. The number of para-hydroxylation sites is 1. The fourth-order valence-corrected chi connectivity index (χ4v) is 1.59. The molecule has 0 unspecified atom stereocenters. The van der Waals surface area contributed by atoms with E-state index in [9.17, 15) is 5.11 Å². The molecule has 0 aromatic heterocycles. The lowest BCUT2D eigenvalue weighted by Crippen LogP contribution is -2.22. The summed E-state index contributed by atoms with van der Waals surface area (Å²) in [6.07, 6.45) is 0. The van der Waals surface area contributed by atoms with Gasteiger partial charge < -0.3 is 16.6 Å². The largest absolute Gasteiger partial charge is 0.507 e. The number of phenols is 1. The summed E-state index contributed by atoms with van der Waals surface area (Å²) in [5.74, 6) is 0.281. The minimum absolute atomic E-state index is 0.0889. The molecular formula is C12H20N2O. The third kappa shape index (κ3) is 2.49. The van der Waals surface area contributed by atoms with E-state index in [0.29, 0.717) is 6.54 Å². The van der Waals surface area contributed by atoms with Crippen LogP contribution in [0.5, 0.6) is 5.75 Å². The van der Waals surface area contributed by atoms with Gasteiger partial charge in [-0.25, -0.2) is 0 Å². The Labute approximate surface area is 91.1 Å². The lowest BCUT2D eigenvalue weighted by atomic mass is 9.84. The van der Waals surface area contributed by atoms with E-state index in [1.807, 2.05) is 18.2 Å². The van der Waals surface area contributed by atoms with Crippen molar-refractivity contribution in [1.82, 2.24) is 0 Å². The Kier molecular flexibility index (Phi) is 3.37. The van der Waals surface area contributed by atoms with Crippen LogP contribution in [0.4, 0.5) is 0 Å². The summed E-state index contributed by atoms with van der Waals surface area (Å²) < 4.78 is 0. The summed E-state index contributed by atoms with van der Waals surface area (Å²) in [4.78, 5) is 0. The molecule has 0 aliphatic rings. The van der Waals surface area contributed by atoms with Gasteiger partial charge in [-0.2, -0.15) is 0 Å². The molecule has 0 heterocycles. The van der Waals surface area contributed by atoms with Gasteiger partial charge in [-0.15, -0.1) is 0 Å². The predicted molar refractivity (Wildman–Crippen MR) is 62.8 cm³/mol. The molecule has 0 bridgehead atoms. The van der Waals surface area contributed by atoms with Gasteiger partial charge in [0.05, 0.1) is 0 Å². The minimum Gasteiger partial charge on any atom is -0.507 e. The van der Waals surface area contributed by atoms with Gasteiger partial charge >= 0.3 is 0 Å². The first-order chi connectivity index (χ1) is 6.88. The van der Waals surface area contributed by atoms with Crippen molar-refractivity contribution >= 4 is 0 Å². The molecule has 1 atom stereocenters. The van der Waals surface area contributed by atoms with Crippen molar-refractivity contribution in [3.63, 3.8) is 0 Å². The molecular weight excluding hydrogens is 188 g/mol. The summed E-state index contributed by atoms with van der Waals surface area (Å²) in [6.45, 7) is 6.50. The van der Waals surface area contributed by atoms with Crippen LogP contribution in [-0.2, 0) is 5.41 Å². The van der Waals surface area contributed by atoms with Gasteiger partial charge in [0.2, 0.25) is 0 Å². The predicted octanol–water partition coefficient (Wildman–Crippen LogP) is 1.65. The lowest BCUT2D eigenvalue weighted by molar-refractivity contribution is 0.435. The van der Waals surface area contributed by atoms with E-state index in [0.717, 1.165) is 11.1 Å². The fourth-order valence-electron chi connectivity index (χ4n) is 1.59. The van der Waals surface area contributed by atoms with E-state index >= 15 is 0 Å². The summed E-state index contributed by atoms with van der Waals surface area (Å²) in [7, 11) is 0. The van der Waals surface area contributed by atoms with Crippen LogP contribution in [0.15, 0.2) is 18.2 Å². The number of phenolic OH excluding ortho intramolecular Hbond substituents is 1. The Bertz CT molecular complexity index is 342. The van der Waals surface area contributed by atoms with Gasteiger partial charge in [0.25, 0.3) is 0 Å². The monoisotopic (exact) mass is 208 g/mol. The first-order valence-corrected chi connectivity index (χ1v) is 5.16. The van der Waals surface area contributed by atoms with E-state index in [4.69, 9.17) is 11.5 Å². The average Bonchev–Trinajstić information content (AvgIpc) is 2.15. The SMILES string of the molecule is CC(C)(C)c1cccc([C@@H](N)CN)c1O. The fraction of sp³-hybridized carbons (Fsp3) is 0.500. The van der Waals surface area contributed by atoms with Gasteiger partial charge in [-0.1, -0.05) is 39.0 Å². The molecule has 0 spiro atoms. The van der Waals surface area contributed by atoms with Gasteiger partial charge in [-0.3, -0.25) is 0 Å². The maximum absolute atomic E-state index is 10.1. The summed E-state index contributed by atoms with van der Waals surface area (Å²) in [5.41, 5.74) is 12.9. The standard InChI is InChI=1S/C12H20N2O/c1-12(2,3)9-6-4-5-8(11(9)15)10(14)7-13/h4-6,10,15H,7,13-14H2,1-3H3/t10-/m0/s1. The van der Waals surface area contributed by atoms with Gasteiger partial charge in [0.1, 0.15) is 5.75 Å².